The van der Waals surface area contributed by atoms with Crippen LogP contribution in [0.5, 0.6) is 0 Å². The highest BCUT2D eigenvalue weighted by Crippen LogP contribution is 2.42. The van der Waals surface area contributed by atoms with Crippen molar-refractivity contribution in [3.8, 4) is 0 Å². The second kappa shape index (κ2) is 6.40. The molecular weight excluding hydrogens is 326 g/mol. The summed E-state index contributed by atoms with van der Waals surface area (Å²) in [6.45, 7) is 0. The van der Waals surface area contributed by atoms with Gasteiger partial charge >= 0.3 is 0 Å². The predicted molar refractivity (Wildman–Crippen MR) is 104 cm³/mol. The summed E-state index contributed by atoms with van der Waals surface area (Å²) in [4.78, 5) is 17.1. The minimum absolute atomic E-state index is 0.0561. The molecule has 0 radical (unpaired) electrons. The third kappa shape index (κ3) is 2.66. The zero-order valence-corrected chi connectivity index (χ0v) is 14.1. The molecule has 3 aromatic rings. The van der Waals surface area contributed by atoms with Gasteiger partial charge in [0.25, 0.3) is 0 Å². The topological polar surface area (TPSA) is 29.4 Å². The Balaban J connectivity index is 1.96. The number of benzene rings is 3. The molecule has 2 nitrogen and oxygen atoms in total. The number of isothiocyanates is 1. The highest BCUT2D eigenvalue weighted by atomic mass is 32.1. The summed E-state index contributed by atoms with van der Waals surface area (Å²) >= 11 is 4.64. The maximum Gasteiger partial charge on any atom is 0.194 e. The molecule has 4 rings (SSSR count). The standard InChI is InChI=1S/C22H13NOS/c24-22-19-9-5-4-8-18(19)20(15-6-2-1-3-7-15)21(22)16-10-12-17(13-11-16)23-14-25/h1-13H. The first-order valence-electron chi connectivity index (χ1n) is 7.91. The van der Waals surface area contributed by atoms with E-state index in [1.165, 1.54) is 0 Å². The van der Waals surface area contributed by atoms with Crippen LogP contribution in [0.25, 0.3) is 11.1 Å². The van der Waals surface area contributed by atoms with E-state index in [9.17, 15) is 4.79 Å². The fourth-order valence-electron chi connectivity index (χ4n) is 3.22. The smallest absolute Gasteiger partial charge is 0.194 e. The van der Waals surface area contributed by atoms with Crippen molar-refractivity contribution >= 4 is 40.0 Å². The van der Waals surface area contributed by atoms with Gasteiger partial charge in [-0.3, -0.25) is 4.79 Å². The number of Topliss-reactive ketones (excluding diaryl/α,β-unsaturated/α-hetero) is 1. The van der Waals surface area contributed by atoms with Crippen LogP contribution in [0.15, 0.2) is 83.9 Å². The van der Waals surface area contributed by atoms with Gasteiger partial charge in [0.1, 0.15) is 0 Å². The Labute approximate surface area is 151 Å². The van der Waals surface area contributed by atoms with Crippen LogP contribution in [0.4, 0.5) is 5.69 Å². The number of hydrogen-bond donors (Lipinski definition) is 0. The summed E-state index contributed by atoms with van der Waals surface area (Å²) < 4.78 is 0. The van der Waals surface area contributed by atoms with Crippen molar-refractivity contribution in [2.75, 3.05) is 0 Å². The van der Waals surface area contributed by atoms with Gasteiger partial charge in [-0.05, 0) is 41.0 Å². The molecular formula is C22H13NOS. The fourth-order valence-corrected chi connectivity index (χ4v) is 3.32. The molecule has 0 saturated carbocycles. The van der Waals surface area contributed by atoms with Gasteiger partial charge in [-0.1, -0.05) is 66.7 Å². The fraction of sp³-hybridized carbons (Fsp3) is 0. The Morgan fingerprint density at radius 1 is 0.680 bits per heavy atom. The number of nitrogens with zero attached hydrogens (tertiary/aromatic N) is 1. The van der Waals surface area contributed by atoms with Crippen molar-refractivity contribution in [3.05, 3.63) is 101 Å². The van der Waals surface area contributed by atoms with Gasteiger partial charge in [-0.15, -0.1) is 0 Å². The second-order valence-corrected chi connectivity index (χ2v) is 5.92. The monoisotopic (exact) mass is 339 g/mol. The summed E-state index contributed by atoms with van der Waals surface area (Å²) in [6, 6.07) is 25.3. The number of thiocarbonyl (C=S) groups is 1. The lowest BCUT2D eigenvalue weighted by atomic mass is 9.94. The van der Waals surface area contributed by atoms with E-state index in [1.807, 2.05) is 78.9 Å². The molecule has 0 aliphatic heterocycles. The Morgan fingerprint density at radius 2 is 1.28 bits per heavy atom. The molecule has 0 amide bonds. The van der Waals surface area contributed by atoms with E-state index in [-0.39, 0.29) is 5.78 Å². The van der Waals surface area contributed by atoms with Crippen molar-refractivity contribution < 1.29 is 4.79 Å². The number of carbonyl (C=O) groups is 1. The van der Waals surface area contributed by atoms with Crippen molar-refractivity contribution in [3.63, 3.8) is 0 Å². The van der Waals surface area contributed by atoms with Crippen LogP contribution in [0.3, 0.4) is 0 Å². The number of fused-ring (bicyclic) bond motifs is 1. The van der Waals surface area contributed by atoms with Crippen LogP contribution in [-0.4, -0.2) is 10.9 Å². The van der Waals surface area contributed by atoms with Crippen molar-refractivity contribution in [2.45, 2.75) is 0 Å². The Bertz CT molecular complexity index is 1040. The van der Waals surface area contributed by atoms with Gasteiger partial charge in [0.15, 0.2) is 5.78 Å². The van der Waals surface area contributed by atoms with Crippen LogP contribution in [0.2, 0.25) is 0 Å². The number of hydrogen-bond acceptors (Lipinski definition) is 3. The SMILES string of the molecule is O=C1C(c2ccc(N=C=S)cc2)=C(c2ccccc2)c2ccccc21. The number of allylic oxidation sites excluding steroid dienone is 1. The van der Waals surface area contributed by atoms with Gasteiger partial charge in [-0.25, -0.2) is 0 Å². The Hall–Kier alpha value is -3.13. The molecule has 0 spiro atoms. The first-order chi connectivity index (χ1) is 12.3. The van der Waals surface area contributed by atoms with Gasteiger partial charge in [-0.2, -0.15) is 4.99 Å². The average molecular weight is 339 g/mol. The third-order valence-electron chi connectivity index (χ3n) is 4.31. The largest absolute Gasteiger partial charge is 0.289 e. The molecule has 0 heterocycles. The van der Waals surface area contributed by atoms with E-state index in [1.54, 1.807) is 0 Å². The molecule has 3 heteroatoms. The Kier molecular flexibility index (Phi) is 3.95. The lowest BCUT2D eigenvalue weighted by Gasteiger charge is -2.08. The van der Waals surface area contributed by atoms with Crippen LogP contribution in [0, 0.1) is 0 Å². The summed E-state index contributed by atoms with van der Waals surface area (Å²) in [6.07, 6.45) is 0. The molecule has 0 atom stereocenters. The lowest BCUT2D eigenvalue weighted by molar-refractivity contribution is 0.105. The molecule has 0 unspecified atom stereocenters. The van der Waals surface area contributed by atoms with Gasteiger partial charge in [0.2, 0.25) is 0 Å². The first-order valence-corrected chi connectivity index (χ1v) is 8.32. The van der Waals surface area contributed by atoms with Gasteiger partial charge < -0.3 is 0 Å². The number of carbonyl (C=O) groups excluding carboxylic acids is 1. The third-order valence-corrected chi connectivity index (χ3v) is 4.40. The van der Waals surface area contributed by atoms with Crippen molar-refractivity contribution in [1.82, 2.24) is 0 Å². The minimum Gasteiger partial charge on any atom is -0.289 e. The summed E-state index contributed by atoms with van der Waals surface area (Å²) in [7, 11) is 0. The average Bonchev–Trinajstić information content (AvgIpc) is 2.96. The van der Waals surface area contributed by atoms with Crippen molar-refractivity contribution in [2.24, 2.45) is 4.99 Å². The zero-order chi connectivity index (χ0) is 17.2. The van der Waals surface area contributed by atoms with E-state index in [2.05, 4.69) is 22.4 Å². The molecule has 0 bridgehead atoms. The quantitative estimate of drug-likeness (QED) is 0.461. The normalized spacial score (nSPS) is 12.7. The predicted octanol–water partition coefficient (Wildman–Crippen LogP) is 5.58. The molecule has 0 fully saturated rings. The zero-order valence-electron chi connectivity index (χ0n) is 13.3. The van der Waals surface area contributed by atoms with Gasteiger partial charge in [0.05, 0.1) is 10.8 Å². The van der Waals surface area contributed by atoms with Crippen LogP contribution < -0.4 is 0 Å². The molecule has 0 aromatic heterocycles. The highest BCUT2D eigenvalue weighted by Gasteiger charge is 2.30. The van der Waals surface area contributed by atoms with Crippen LogP contribution in [-0.2, 0) is 0 Å². The van der Waals surface area contributed by atoms with E-state index in [0.717, 1.165) is 39.1 Å². The van der Waals surface area contributed by atoms with Crippen LogP contribution >= 0.6 is 12.2 Å². The molecule has 1 aliphatic carbocycles. The Morgan fingerprint density at radius 3 is 1.96 bits per heavy atom. The maximum atomic E-state index is 13.1. The lowest BCUT2D eigenvalue weighted by Crippen LogP contribution is -1.98. The van der Waals surface area contributed by atoms with Crippen LogP contribution in [0.1, 0.15) is 27.0 Å². The maximum absolute atomic E-state index is 13.1. The van der Waals surface area contributed by atoms with E-state index < -0.39 is 0 Å². The van der Waals surface area contributed by atoms with E-state index in [4.69, 9.17) is 0 Å². The van der Waals surface area contributed by atoms with Crippen molar-refractivity contribution in [1.29, 1.82) is 0 Å². The molecule has 0 saturated heterocycles. The first kappa shape index (κ1) is 15.4. The minimum atomic E-state index is 0.0561. The second-order valence-electron chi connectivity index (χ2n) is 5.74. The summed E-state index contributed by atoms with van der Waals surface area (Å²) in [5.74, 6) is 0.0561. The molecule has 118 valence electrons. The molecule has 3 aromatic carbocycles. The van der Waals surface area contributed by atoms with E-state index in [0.29, 0.717) is 0 Å². The van der Waals surface area contributed by atoms with E-state index >= 15 is 0 Å². The highest BCUT2D eigenvalue weighted by molar-refractivity contribution is 7.78. The van der Waals surface area contributed by atoms with Gasteiger partial charge in [0, 0.05) is 16.7 Å². The molecule has 25 heavy (non-hydrogen) atoms. The summed E-state index contributed by atoms with van der Waals surface area (Å²) in [5, 5.41) is 2.36. The number of ketones is 1. The molecule has 0 N–H and O–H groups in total. The number of aliphatic imine (C=N–C) groups is 1. The molecule has 1 aliphatic rings. The number of rotatable bonds is 3. The summed E-state index contributed by atoms with van der Waals surface area (Å²) in [5.41, 5.74) is 6.08.